The molecule has 1 saturated heterocycles. The van der Waals surface area contributed by atoms with Gasteiger partial charge in [-0.1, -0.05) is 30.7 Å². The summed E-state index contributed by atoms with van der Waals surface area (Å²) < 4.78 is 5.46. The number of likely N-dealkylation sites (tertiary alicyclic amines) is 1. The Morgan fingerprint density at radius 3 is 3.05 bits per heavy atom. The fourth-order valence-corrected chi connectivity index (χ4v) is 3.63. The summed E-state index contributed by atoms with van der Waals surface area (Å²) >= 11 is 7.59. The first-order valence-electron chi connectivity index (χ1n) is 7.23. The lowest BCUT2D eigenvalue weighted by Gasteiger charge is -2.36. The van der Waals surface area contributed by atoms with Gasteiger partial charge in [0.1, 0.15) is 0 Å². The lowest BCUT2D eigenvalue weighted by atomic mass is 9.96. The van der Waals surface area contributed by atoms with Gasteiger partial charge in [0.25, 0.3) is 0 Å². The largest absolute Gasteiger partial charge is 0.379 e. The van der Waals surface area contributed by atoms with Crippen LogP contribution in [0.2, 0.25) is 5.02 Å². The van der Waals surface area contributed by atoms with E-state index in [9.17, 15) is 4.79 Å². The van der Waals surface area contributed by atoms with Gasteiger partial charge in [-0.15, -0.1) is 11.8 Å². The van der Waals surface area contributed by atoms with Crippen LogP contribution in [-0.4, -0.2) is 42.9 Å². The molecule has 116 valence electrons. The van der Waals surface area contributed by atoms with Crippen molar-refractivity contribution in [1.82, 2.24) is 4.90 Å². The Balaban J connectivity index is 1.77. The number of nitrogens with zero attached hydrogens (tertiary/aromatic N) is 1. The van der Waals surface area contributed by atoms with Gasteiger partial charge in [0.2, 0.25) is 5.91 Å². The van der Waals surface area contributed by atoms with Crippen molar-refractivity contribution < 1.29 is 9.53 Å². The van der Waals surface area contributed by atoms with Crippen LogP contribution in [-0.2, 0) is 15.3 Å². The number of methoxy groups -OCH3 is 1. The number of carbonyl (C=O) groups is 1. The van der Waals surface area contributed by atoms with Crippen molar-refractivity contribution in [2.45, 2.75) is 25.2 Å². The Hall–Kier alpha value is -0.710. The van der Waals surface area contributed by atoms with Crippen molar-refractivity contribution in [2.75, 3.05) is 26.0 Å². The molecule has 0 bridgehead atoms. The van der Waals surface area contributed by atoms with Crippen molar-refractivity contribution in [2.24, 2.45) is 5.92 Å². The first kappa shape index (κ1) is 16.7. The van der Waals surface area contributed by atoms with Crippen LogP contribution in [0.1, 0.15) is 18.9 Å². The Morgan fingerprint density at radius 1 is 1.52 bits per heavy atom. The van der Waals surface area contributed by atoms with E-state index in [1.54, 1.807) is 18.9 Å². The third kappa shape index (κ3) is 4.90. The fourth-order valence-electron chi connectivity index (χ4n) is 2.54. The van der Waals surface area contributed by atoms with E-state index in [1.165, 1.54) is 0 Å². The standard InChI is InChI=1S/C16H22ClNO2S/c1-12-6-7-18(9-15(12)20-2)16(19)11-21-10-13-4-3-5-14(17)8-13/h3-5,8,12,15H,6-7,9-11H2,1-2H3. The second-order valence-corrected chi connectivity index (χ2v) is 6.92. The number of halogens is 1. The predicted molar refractivity (Wildman–Crippen MR) is 88.8 cm³/mol. The van der Waals surface area contributed by atoms with E-state index in [1.807, 2.05) is 29.2 Å². The molecular formula is C16H22ClNO2S. The Kier molecular flexibility index (Phi) is 6.40. The molecule has 1 heterocycles. The van der Waals surface area contributed by atoms with Gasteiger partial charge in [0, 0.05) is 31.0 Å². The van der Waals surface area contributed by atoms with Gasteiger partial charge in [0.15, 0.2) is 0 Å². The average Bonchev–Trinajstić information content (AvgIpc) is 2.47. The molecule has 2 rings (SSSR count). The SMILES string of the molecule is COC1CN(C(=O)CSCc2cccc(Cl)c2)CCC1C. The zero-order valence-electron chi connectivity index (χ0n) is 12.5. The number of benzene rings is 1. The highest BCUT2D eigenvalue weighted by Crippen LogP contribution is 2.21. The molecule has 0 saturated carbocycles. The van der Waals surface area contributed by atoms with E-state index < -0.39 is 0 Å². The molecule has 1 aromatic carbocycles. The molecule has 0 aromatic heterocycles. The van der Waals surface area contributed by atoms with Gasteiger partial charge < -0.3 is 9.64 Å². The Bertz CT molecular complexity index is 483. The first-order valence-corrected chi connectivity index (χ1v) is 8.76. The molecule has 1 amide bonds. The molecule has 1 fully saturated rings. The first-order chi connectivity index (χ1) is 10.1. The molecule has 3 nitrogen and oxygen atoms in total. The molecule has 0 radical (unpaired) electrons. The van der Waals surface area contributed by atoms with Crippen LogP contribution in [0.5, 0.6) is 0 Å². The number of hydrogen-bond donors (Lipinski definition) is 0. The van der Waals surface area contributed by atoms with Gasteiger partial charge in [-0.2, -0.15) is 0 Å². The van der Waals surface area contributed by atoms with E-state index in [0.29, 0.717) is 18.2 Å². The van der Waals surface area contributed by atoms with Crippen LogP contribution < -0.4 is 0 Å². The molecule has 1 aliphatic heterocycles. The smallest absolute Gasteiger partial charge is 0.232 e. The summed E-state index contributed by atoms with van der Waals surface area (Å²) in [6.45, 7) is 3.75. The summed E-state index contributed by atoms with van der Waals surface area (Å²) in [5.74, 6) is 2.05. The zero-order valence-corrected chi connectivity index (χ0v) is 14.1. The summed E-state index contributed by atoms with van der Waals surface area (Å²) in [4.78, 5) is 14.2. The van der Waals surface area contributed by atoms with Crippen LogP contribution >= 0.6 is 23.4 Å². The number of piperidine rings is 1. The molecule has 1 aromatic rings. The molecule has 2 unspecified atom stereocenters. The predicted octanol–water partition coefficient (Wildman–Crippen LogP) is 3.46. The second-order valence-electron chi connectivity index (χ2n) is 5.50. The van der Waals surface area contributed by atoms with E-state index >= 15 is 0 Å². The van der Waals surface area contributed by atoms with E-state index in [0.717, 1.165) is 29.3 Å². The van der Waals surface area contributed by atoms with Gasteiger partial charge in [0.05, 0.1) is 11.9 Å². The highest BCUT2D eigenvalue weighted by molar-refractivity contribution is 7.99. The van der Waals surface area contributed by atoms with Crippen molar-refractivity contribution in [3.8, 4) is 0 Å². The summed E-state index contributed by atoms with van der Waals surface area (Å²) in [6, 6.07) is 7.78. The van der Waals surface area contributed by atoms with Crippen LogP contribution in [0.4, 0.5) is 0 Å². The second kappa shape index (κ2) is 8.06. The number of carbonyl (C=O) groups excluding carboxylic acids is 1. The third-order valence-corrected chi connectivity index (χ3v) is 5.15. The van der Waals surface area contributed by atoms with Crippen LogP contribution in [0, 0.1) is 5.92 Å². The van der Waals surface area contributed by atoms with Crippen LogP contribution in [0.15, 0.2) is 24.3 Å². The van der Waals surface area contributed by atoms with E-state index in [-0.39, 0.29) is 12.0 Å². The molecule has 0 aliphatic carbocycles. The summed E-state index contributed by atoms with van der Waals surface area (Å²) in [6.07, 6.45) is 1.18. The molecule has 1 aliphatic rings. The summed E-state index contributed by atoms with van der Waals surface area (Å²) in [7, 11) is 1.73. The fraction of sp³-hybridized carbons (Fsp3) is 0.562. The number of rotatable bonds is 5. The topological polar surface area (TPSA) is 29.5 Å². The zero-order chi connectivity index (χ0) is 15.2. The molecular weight excluding hydrogens is 306 g/mol. The minimum atomic E-state index is 0.167. The monoisotopic (exact) mass is 327 g/mol. The van der Waals surface area contributed by atoms with E-state index in [4.69, 9.17) is 16.3 Å². The van der Waals surface area contributed by atoms with Crippen molar-refractivity contribution in [3.05, 3.63) is 34.9 Å². The quantitative estimate of drug-likeness (QED) is 0.829. The van der Waals surface area contributed by atoms with Gasteiger partial charge in [-0.05, 0) is 30.0 Å². The maximum absolute atomic E-state index is 12.2. The lowest BCUT2D eigenvalue weighted by Crippen LogP contribution is -2.47. The average molecular weight is 328 g/mol. The van der Waals surface area contributed by atoms with Gasteiger partial charge in [-0.25, -0.2) is 0 Å². The van der Waals surface area contributed by atoms with Crippen molar-refractivity contribution >= 4 is 29.3 Å². The maximum Gasteiger partial charge on any atom is 0.232 e. The van der Waals surface area contributed by atoms with E-state index in [2.05, 4.69) is 6.92 Å². The number of thioether (sulfide) groups is 1. The highest BCUT2D eigenvalue weighted by atomic mass is 35.5. The van der Waals surface area contributed by atoms with Crippen molar-refractivity contribution in [1.29, 1.82) is 0 Å². The maximum atomic E-state index is 12.2. The molecule has 2 atom stereocenters. The minimum Gasteiger partial charge on any atom is -0.379 e. The summed E-state index contributed by atoms with van der Waals surface area (Å²) in [5.41, 5.74) is 1.15. The van der Waals surface area contributed by atoms with Crippen LogP contribution in [0.3, 0.4) is 0 Å². The highest BCUT2D eigenvalue weighted by Gasteiger charge is 2.28. The number of amides is 1. The Labute approximate surface area is 136 Å². The number of ether oxygens (including phenoxy) is 1. The normalized spacial score (nSPS) is 22.3. The lowest BCUT2D eigenvalue weighted by molar-refractivity contribution is -0.133. The minimum absolute atomic E-state index is 0.167. The van der Waals surface area contributed by atoms with Gasteiger partial charge >= 0.3 is 0 Å². The molecule has 5 heteroatoms. The molecule has 0 N–H and O–H groups in total. The summed E-state index contributed by atoms with van der Waals surface area (Å²) in [5, 5.41) is 0.743. The van der Waals surface area contributed by atoms with Crippen LogP contribution in [0.25, 0.3) is 0 Å². The number of hydrogen-bond acceptors (Lipinski definition) is 3. The van der Waals surface area contributed by atoms with Crippen molar-refractivity contribution in [3.63, 3.8) is 0 Å². The molecule has 0 spiro atoms. The third-order valence-electron chi connectivity index (χ3n) is 3.93. The Morgan fingerprint density at radius 2 is 2.33 bits per heavy atom. The molecule has 21 heavy (non-hydrogen) atoms. The van der Waals surface area contributed by atoms with Gasteiger partial charge in [-0.3, -0.25) is 4.79 Å².